The summed E-state index contributed by atoms with van der Waals surface area (Å²) in [6.45, 7) is -0.0673. The third-order valence-corrected chi connectivity index (χ3v) is 3.61. The zero-order valence-electron chi connectivity index (χ0n) is 10.2. The van der Waals surface area contributed by atoms with E-state index in [1.54, 1.807) is 31.4 Å². The first kappa shape index (κ1) is 14.9. The number of aliphatic hydroxyl groups excluding tert-OH is 2. The van der Waals surface area contributed by atoms with Crippen LogP contribution in [0.25, 0.3) is 0 Å². The molecule has 5 nitrogen and oxygen atoms in total. The van der Waals surface area contributed by atoms with E-state index < -0.39 is 16.9 Å². The molecule has 0 bridgehead atoms. The lowest BCUT2D eigenvalue weighted by atomic mass is 10.3. The molecule has 1 aromatic carbocycles. The van der Waals surface area contributed by atoms with Gasteiger partial charge in [0.15, 0.2) is 0 Å². The molecule has 1 rings (SSSR count). The third kappa shape index (κ3) is 5.48. The highest BCUT2D eigenvalue weighted by Gasteiger charge is 2.08. The van der Waals surface area contributed by atoms with E-state index in [0.717, 1.165) is 5.75 Å². The van der Waals surface area contributed by atoms with Crippen molar-refractivity contribution in [2.75, 3.05) is 31.8 Å². The van der Waals surface area contributed by atoms with Crippen molar-refractivity contribution < 1.29 is 23.9 Å². The number of ether oxygens (including phenoxy) is 2. The quantitative estimate of drug-likeness (QED) is 0.707. The van der Waals surface area contributed by atoms with Crippen LogP contribution in [0.1, 0.15) is 0 Å². The van der Waals surface area contributed by atoms with E-state index in [2.05, 4.69) is 0 Å². The minimum atomic E-state index is -1.19. The third-order valence-electron chi connectivity index (χ3n) is 2.23. The van der Waals surface area contributed by atoms with Gasteiger partial charge in [0.2, 0.25) is 0 Å². The molecule has 18 heavy (non-hydrogen) atoms. The van der Waals surface area contributed by atoms with E-state index in [1.165, 1.54) is 0 Å². The summed E-state index contributed by atoms with van der Waals surface area (Å²) in [4.78, 5) is 0. The molecule has 0 fully saturated rings. The Kier molecular flexibility index (Phi) is 6.70. The minimum absolute atomic E-state index is 0.0719. The number of methoxy groups -OCH3 is 1. The lowest BCUT2D eigenvalue weighted by Gasteiger charge is -2.08. The van der Waals surface area contributed by atoms with Crippen molar-refractivity contribution in [3.8, 4) is 11.5 Å². The number of benzene rings is 1. The predicted octanol–water partition coefficient (Wildman–Crippen LogP) is 0.176. The smallest absolute Gasteiger partial charge is 0.119 e. The maximum atomic E-state index is 11.4. The molecule has 2 N–H and O–H groups in total. The maximum Gasteiger partial charge on any atom is 0.119 e. The van der Waals surface area contributed by atoms with Gasteiger partial charge in [0, 0.05) is 10.8 Å². The second-order valence-electron chi connectivity index (χ2n) is 3.67. The summed E-state index contributed by atoms with van der Waals surface area (Å²) < 4.78 is 21.9. The SMILES string of the molecule is COc1ccc(OCCS(=O)CC(O)CO)cc1. The van der Waals surface area contributed by atoms with Crippen molar-refractivity contribution in [3.63, 3.8) is 0 Å². The van der Waals surface area contributed by atoms with Gasteiger partial charge in [-0.25, -0.2) is 0 Å². The standard InChI is InChI=1S/C12H18O5S/c1-16-11-2-4-12(5-3-11)17-6-7-18(15)9-10(14)8-13/h2-5,10,13-14H,6-9H2,1H3. The van der Waals surface area contributed by atoms with Crippen LogP contribution in [0.5, 0.6) is 11.5 Å². The highest BCUT2D eigenvalue weighted by molar-refractivity contribution is 7.85. The molecule has 1 aromatic rings. The van der Waals surface area contributed by atoms with Crippen LogP contribution in [0.4, 0.5) is 0 Å². The van der Waals surface area contributed by atoms with Crippen LogP contribution in [0, 0.1) is 0 Å². The van der Waals surface area contributed by atoms with Crippen LogP contribution in [-0.4, -0.2) is 52.4 Å². The van der Waals surface area contributed by atoms with Gasteiger partial charge in [-0.1, -0.05) is 0 Å². The van der Waals surface area contributed by atoms with Crippen LogP contribution < -0.4 is 9.47 Å². The summed E-state index contributed by atoms with van der Waals surface area (Å²) in [6.07, 6.45) is -0.924. The summed E-state index contributed by atoms with van der Waals surface area (Å²) >= 11 is 0. The lowest BCUT2D eigenvalue weighted by Crippen LogP contribution is -2.23. The van der Waals surface area contributed by atoms with E-state index in [1.807, 2.05) is 0 Å². The first-order valence-electron chi connectivity index (χ1n) is 5.56. The maximum absolute atomic E-state index is 11.4. The molecule has 0 saturated carbocycles. The van der Waals surface area contributed by atoms with E-state index >= 15 is 0 Å². The van der Waals surface area contributed by atoms with Crippen LogP contribution in [0.3, 0.4) is 0 Å². The summed E-state index contributed by atoms with van der Waals surface area (Å²) in [5.41, 5.74) is 0. The summed E-state index contributed by atoms with van der Waals surface area (Å²) in [6, 6.07) is 7.10. The second-order valence-corrected chi connectivity index (χ2v) is 5.29. The largest absolute Gasteiger partial charge is 0.497 e. The van der Waals surface area contributed by atoms with Crippen molar-refractivity contribution >= 4 is 10.8 Å². The van der Waals surface area contributed by atoms with Gasteiger partial charge >= 0.3 is 0 Å². The monoisotopic (exact) mass is 274 g/mol. The molecule has 0 radical (unpaired) electrons. The molecular formula is C12H18O5S. The fourth-order valence-corrected chi connectivity index (χ4v) is 2.25. The Morgan fingerprint density at radius 1 is 1.28 bits per heavy atom. The van der Waals surface area contributed by atoms with Crippen LogP contribution in [0.2, 0.25) is 0 Å². The molecule has 102 valence electrons. The molecular weight excluding hydrogens is 256 g/mol. The molecule has 0 aromatic heterocycles. The zero-order valence-corrected chi connectivity index (χ0v) is 11.1. The first-order chi connectivity index (χ1) is 8.65. The molecule has 0 heterocycles. The van der Waals surface area contributed by atoms with Crippen LogP contribution in [-0.2, 0) is 10.8 Å². The van der Waals surface area contributed by atoms with Crippen molar-refractivity contribution in [3.05, 3.63) is 24.3 Å². The van der Waals surface area contributed by atoms with Crippen molar-refractivity contribution in [2.24, 2.45) is 0 Å². The highest BCUT2D eigenvalue weighted by Crippen LogP contribution is 2.16. The van der Waals surface area contributed by atoms with Gasteiger partial charge < -0.3 is 19.7 Å². The molecule has 0 aliphatic heterocycles. The Balaban J connectivity index is 2.26. The number of hydrogen-bond acceptors (Lipinski definition) is 5. The van der Waals surface area contributed by atoms with Crippen molar-refractivity contribution in [1.82, 2.24) is 0 Å². The Morgan fingerprint density at radius 2 is 1.89 bits per heavy atom. The molecule has 2 unspecified atom stereocenters. The average molecular weight is 274 g/mol. The predicted molar refractivity (Wildman–Crippen MR) is 69.5 cm³/mol. The molecule has 0 aliphatic rings. The van der Waals surface area contributed by atoms with Crippen LogP contribution in [0.15, 0.2) is 24.3 Å². The van der Waals surface area contributed by atoms with Gasteiger partial charge in [-0.2, -0.15) is 0 Å². The van der Waals surface area contributed by atoms with Gasteiger partial charge in [-0.3, -0.25) is 4.21 Å². The van der Waals surface area contributed by atoms with E-state index in [9.17, 15) is 4.21 Å². The molecule has 6 heteroatoms. The topological polar surface area (TPSA) is 76.0 Å². The van der Waals surface area contributed by atoms with Gasteiger partial charge in [0.1, 0.15) is 11.5 Å². The van der Waals surface area contributed by atoms with Gasteiger partial charge in [0.25, 0.3) is 0 Å². The van der Waals surface area contributed by atoms with E-state index in [4.69, 9.17) is 19.7 Å². The minimum Gasteiger partial charge on any atom is -0.497 e. The Morgan fingerprint density at radius 3 is 2.44 bits per heavy atom. The number of hydrogen-bond donors (Lipinski definition) is 2. The van der Waals surface area contributed by atoms with Crippen molar-refractivity contribution in [1.29, 1.82) is 0 Å². The Labute approximate surface area is 109 Å². The molecule has 2 atom stereocenters. The molecule has 0 aliphatic carbocycles. The Bertz CT molecular complexity index is 365. The molecule has 0 amide bonds. The van der Waals surface area contributed by atoms with Gasteiger partial charge in [-0.05, 0) is 24.3 Å². The van der Waals surface area contributed by atoms with E-state index in [0.29, 0.717) is 18.1 Å². The highest BCUT2D eigenvalue weighted by atomic mass is 32.2. The summed E-state index contributed by atoms with van der Waals surface area (Å²) in [5.74, 6) is 1.82. The van der Waals surface area contributed by atoms with E-state index in [-0.39, 0.29) is 12.4 Å². The fourth-order valence-electron chi connectivity index (χ4n) is 1.28. The zero-order chi connectivity index (χ0) is 13.4. The van der Waals surface area contributed by atoms with Gasteiger partial charge in [-0.15, -0.1) is 0 Å². The fraction of sp³-hybridized carbons (Fsp3) is 0.500. The first-order valence-corrected chi connectivity index (χ1v) is 7.05. The molecule has 0 spiro atoms. The lowest BCUT2D eigenvalue weighted by molar-refractivity contribution is 0.113. The van der Waals surface area contributed by atoms with Gasteiger partial charge in [0.05, 0.1) is 37.9 Å². The molecule has 0 saturated heterocycles. The summed E-state index contributed by atoms with van der Waals surface area (Å²) in [5, 5.41) is 17.7. The number of rotatable bonds is 8. The van der Waals surface area contributed by atoms with Crippen molar-refractivity contribution in [2.45, 2.75) is 6.10 Å². The van der Waals surface area contributed by atoms with Crippen LogP contribution >= 0.6 is 0 Å². The normalized spacial score (nSPS) is 13.9. The average Bonchev–Trinajstić information content (AvgIpc) is 2.39. The second kappa shape index (κ2) is 8.07. The Hall–Kier alpha value is -1.11. The summed E-state index contributed by atoms with van der Waals surface area (Å²) in [7, 11) is 0.399. The number of aliphatic hydroxyl groups is 2.